The van der Waals surface area contributed by atoms with Crippen LogP contribution in [-0.4, -0.2) is 54.5 Å². The molecule has 0 aliphatic heterocycles. The number of aliphatic carboxylic acids is 1. The van der Waals surface area contributed by atoms with Gasteiger partial charge in [0.2, 0.25) is 11.8 Å². The first kappa shape index (κ1) is 25.0. The van der Waals surface area contributed by atoms with Gasteiger partial charge in [0.25, 0.3) is 0 Å². The number of ketones is 1. The lowest BCUT2D eigenvalue weighted by Gasteiger charge is -2.26. The first-order valence-electron chi connectivity index (χ1n) is 9.97. The molecule has 0 saturated heterocycles. The highest BCUT2D eigenvalue weighted by atomic mass is 125. The Kier molecular flexibility index (Phi) is 9.66. The van der Waals surface area contributed by atoms with E-state index in [1.165, 1.54) is 7.11 Å². The Morgan fingerprint density at radius 2 is 1.90 bits per heavy atom. The molecular formula is C21H26FIN2O6. The molecule has 1 aliphatic rings. The van der Waals surface area contributed by atoms with Crippen molar-refractivity contribution in [2.24, 2.45) is 5.92 Å². The molecule has 0 spiro atoms. The number of carboxylic acids is 1. The number of alkyl halides is 1. The molecule has 31 heavy (non-hydrogen) atoms. The average molecular weight is 546 g/mol. The molecule has 0 radical (unpaired) electrons. The molecule has 1 aromatic rings. The Morgan fingerprint density at radius 3 is 2.48 bits per heavy atom. The Bertz CT molecular complexity index is 828. The summed E-state index contributed by atoms with van der Waals surface area (Å²) in [6.07, 6.45) is 2.49. The Morgan fingerprint density at radius 1 is 1.23 bits per heavy atom. The van der Waals surface area contributed by atoms with Crippen molar-refractivity contribution < 1.29 is 33.4 Å². The minimum Gasteiger partial charge on any atom is -0.496 e. The van der Waals surface area contributed by atoms with E-state index in [0.717, 1.165) is 16.4 Å². The van der Waals surface area contributed by atoms with Crippen LogP contribution in [0.3, 0.4) is 0 Å². The Balaban J connectivity index is 2.15. The molecule has 0 heterocycles. The molecule has 1 saturated carbocycles. The fourth-order valence-electron chi connectivity index (χ4n) is 3.75. The lowest BCUT2D eigenvalue weighted by molar-refractivity contribution is -0.141. The normalized spacial score (nSPS) is 15.7. The third kappa shape index (κ3) is 7.44. The van der Waals surface area contributed by atoms with Gasteiger partial charge in [0.05, 0.1) is 20.0 Å². The first-order chi connectivity index (χ1) is 14.7. The summed E-state index contributed by atoms with van der Waals surface area (Å²) in [4.78, 5) is 48.4. The monoisotopic (exact) mass is 546 g/mol. The third-order valence-corrected chi connectivity index (χ3v) is 5.95. The van der Waals surface area contributed by atoms with Gasteiger partial charge in [-0.2, -0.15) is 0 Å². The molecule has 1 unspecified atom stereocenters. The van der Waals surface area contributed by atoms with E-state index in [2.05, 4.69) is 33.2 Å². The summed E-state index contributed by atoms with van der Waals surface area (Å²) in [7, 11) is 1.50. The van der Waals surface area contributed by atoms with Crippen molar-refractivity contribution in [3.8, 4) is 5.75 Å². The van der Waals surface area contributed by atoms with Crippen LogP contribution in [0.4, 0.5) is 4.39 Å². The topological polar surface area (TPSA) is 122 Å². The summed E-state index contributed by atoms with van der Waals surface area (Å²) in [5, 5.41) is 14.0. The molecular weight excluding hydrogens is 520 g/mol. The molecule has 3 N–H and O–H groups in total. The number of hydrogen-bond acceptors (Lipinski definition) is 5. The number of carbonyl (C=O) groups excluding carboxylic acids is 3. The smallest absolute Gasteiger partial charge is 0.305 e. The highest BCUT2D eigenvalue weighted by molar-refractivity contribution is 14.1. The second-order valence-corrected chi connectivity index (χ2v) is 8.73. The minimum absolute atomic E-state index is 0.0154. The summed E-state index contributed by atoms with van der Waals surface area (Å²) in [6, 6.07) is 3.00. The van der Waals surface area contributed by atoms with E-state index in [1.54, 1.807) is 6.07 Å². The van der Waals surface area contributed by atoms with Crippen molar-refractivity contribution in [3.05, 3.63) is 27.3 Å². The number of rotatable bonds is 11. The van der Waals surface area contributed by atoms with E-state index < -0.39 is 48.7 Å². The zero-order valence-electron chi connectivity index (χ0n) is 17.2. The Hall–Kier alpha value is -2.24. The molecule has 0 bridgehead atoms. The number of hydrogen-bond donors (Lipinski definition) is 3. The second kappa shape index (κ2) is 12.0. The van der Waals surface area contributed by atoms with E-state index in [1.807, 2.05) is 12.1 Å². The molecule has 2 rings (SSSR count). The van der Waals surface area contributed by atoms with Crippen LogP contribution in [0, 0.1) is 9.49 Å². The summed E-state index contributed by atoms with van der Waals surface area (Å²) < 4.78 is 19.0. The minimum atomic E-state index is -1.48. The van der Waals surface area contributed by atoms with Crippen LogP contribution in [0.5, 0.6) is 5.75 Å². The van der Waals surface area contributed by atoms with Crippen molar-refractivity contribution in [2.45, 2.75) is 50.6 Å². The fourth-order valence-corrected chi connectivity index (χ4v) is 4.30. The predicted molar refractivity (Wildman–Crippen MR) is 118 cm³/mol. The molecule has 170 valence electrons. The number of carbonyl (C=O) groups is 4. The highest BCUT2D eigenvalue weighted by Gasteiger charge is 2.34. The number of amides is 2. The molecule has 0 aromatic heterocycles. The van der Waals surface area contributed by atoms with Crippen LogP contribution in [0.1, 0.15) is 37.7 Å². The van der Waals surface area contributed by atoms with Gasteiger partial charge in [-0.25, -0.2) is 4.39 Å². The summed E-state index contributed by atoms with van der Waals surface area (Å²) in [6.45, 7) is -1.38. The largest absolute Gasteiger partial charge is 0.496 e. The quantitative estimate of drug-likeness (QED) is 0.366. The molecule has 1 aromatic carbocycles. The summed E-state index contributed by atoms with van der Waals surface area (Å²) in [5.41, 5.74) is 0.661. The average Bonchev–Trinajstić information content (AvgIpc) is 3.25. The van der Waals surface area contributed by atoms with Gasteiger partial charge in [0.1, 0.15) is 24.5 Å². The van der Waals surface area contributed by atoms with Gasteiger partial charge in [0.15, 0.2) is 5.78 Å². The number of methoxy groups -OCH3 is 1. The Labute approximate surface area is 193 Å². The van der Waals surface area contributed by atoms with Crippen molar-refractivity contribution in [1.82, 2.24) is 10.6 Å². The van der Waals surface area contributed by atoms with Gasteiger partial charge in [-0.3, -0.25) is 19.2 Å². The fraction of sp³-hybridized carbons (Fsp3) is 0.524. The summed E-state index contributed by atoms with van der Waals surface area (Å²) >= 11 is 2.12. The zero-order chi connectivity index (χ0) is 23.0. The van der Waals surface area contributed by atoms with Crippen molar-refractivity contribution in [3.63, 3.8) is 0 Å². The van der Waals surface area contributed by atoms with E-state index >= 15 is 0 Å². The molecule has 1 fully saturated rings. The van der Waals surface area contributed by atoms with Crippen LogP contribution < -0.4 is 15.4 Å². The van der Waals surface area contributed by atoms with Crippen LogP contribution >= 0.6 is 22.6 Å². The third-order valence-electron chi connectivity index (χ3n) is 5.28. The van der Waals surface area contributed by atoms with Crippen LogP contribution in [-0.2, 0) is 25.6 Å². The van der Waals surface area contributed by atoms with E-state index in [-0.39, 0.29) is 12.3 Å². The number of Topliss-reactive ketones (excluding diaryl/α,β-unsaturated/α-hetero) is 1. The maximum atomic E-state index is 12.9. The van der Waals surface area contributed by atoms with Crippen molar-refractivity contribution in [1.29, 1.82) is 0 Å². The molecule has 10 heteroatoms. The van der Waals surface area contributed by atoms with Gasteiger partial charge in [-0.15, -0.1) is 0 Å². The van der Waals surface area contributed by atoms with E-state index in [0.29, 0.717) is 24.2 Å². The van der Waals surface area contributed by atoms with Gasteiger partial charge >= 0.3 is 5.97 Å². The number of carboxylic acid groups (broad SMARTS) is 1. The zero-order valence-corrected chi connectivity index (χ0v) is 19.3. The highest BCUT2D eigenvalue weighted by Crippen LogP contribution is 2.28. The number of nitrogens with one attached hydrogen (secondary N) is 2. The number of benzene rings is 1. The van der Waals surface area contributed by atoms with E-state index in [4.69, 9.17) is 9.84 Å². The maximum Gasteiger partial charge on any atom is 0.305 e. The van der Waals surface area contributed by atoms with Gasteiger partial charge in [-0.05, 0) is 59.5 Å². The molecule has 2 atom stereocenters. The number of halogens is 2. The van der Waals surface area contributed by atoms with Gasteiger partial charge in [-0.1, -0.05) is 12.8 Å². The molecule has 8 nitrogen and oxygen atoms in total. The molecule has 1 aliphatic carbocycles. The predicted octanol–water partition coefficient (Wildman–Crippen LogP) is 2.02. The van der Waals surface area contributed by atoms with Gasteiger partial charge < -0.3 is 20.5 Å². The van der Waals surface area contributed by atoms with Crippen LogP contribution in [0.25, 0.3) is 0 Å². The van der Waals surface area contributed by atoms with Crippen molar-refractivity contribution in [2.75, 3.05) is 13.8 Å². The maximum absolute atomic E-state index is 12.9. The SMILES string of the molecule is COc1ccc([125I])cc1CC(=O)N[C@H](C(=O)NC(CC(=O)O)C(=O)CF)C1CCCC1. The number of ether oxygens (including phenoxy) is 1. The first-order valence-corrected chi connectivity index (χ1v) is 11.1. The molecule has 2 amide bonds. The second-order valence-electron chi connectivity index (χ2n) is 7.48. The van der Waals surface area contributed by atoms with E-state index in [9.17, 15) is 23.6 Å². The standard InChI is InChI=1S/C21H26FIN2O6/c1-31-17-7-6-14(23)8-13(17)9-18(27)25-20(12-4-2-3-5-12)21(30)24-15(10-19(28)29)16(26)11-22/h6-8,12,15,20H,2-5,9-11H2,1H3,(H,24,30)(H,25,27)(H,28,29)/t15?,20-/m0/s1/i23-2. The lowest BCUT2D eigenvalue weighted by atomic mass is 9.96. The van der Waals surface area contributed by atoms with Crippen molar-refractivity contribution >= 4 is 46.2 Å². The lowest BCUT2D eigenvalue weighted by Crippen LogP contribution is -2.55. The van der Waals surface area contributed by atoms with Crippen LogP contribution in [0.15, 0.2) is 18.2 Å². The van der Waals surface area contributed by atoms with Gasteiger partial charge in [0, 0.05) is 9.13 Å². The van der Waals surface area contributed by atoms with Crippen LogP contribution in [0.2, 0.25) is 0 Å². The summed E-state index contributed by atoms with van der Waals surface area (Å²) in [5.74, 6) is -3.03.